The first-order chi connectivity index (χ1) is 13.5. The Morgan fingerprint density at radius 1 is 1.00 bits per heavy atom. The van der Waals surface area contributed by atoms with Gasteiger partial charge in [-0.15, -0.1) is 0 Å². The molecular weight excluding hydrogens is 363 g/mol. The number of anilines is 3. The molecule has 9 heteroatoms. The molecule has 8 nitrogen and oxygen atoms in total. The van der Waals surface area contributed by atoms with Crippen molar-refractivity contribution in [2.45, 2.75) is 6.42 Å². The Labute approximate surface area is 160 Å². The van der Waals surface area contributed by atoms with E-state index in [-0.39, 0.29) is 35.5 Å². The summed E-state index contributed by atoms with van der Waals surface area (Å²) in [4.78, 5) is 32.3. The lowest BCUT2D eigenvalue weighted by Gasteiger charge is -2.14. The topological polar surface area (TPSA) is 122 Å². The van der Waals surface area contributed by atoms with E-state index in [9.17, 15) is 14.0 Å². The van der Waals surface area contributed by atoms with Crippen molar-refractivity contribution in [3.05, 3.63) is 77.9 Å². The van der Waals surface area contributed by atoms with E-state index < -0.39 is 5.91 Å². The number of nitrogens with two attached hydrogens (primary N) is 1. The summed E-state index contributed by atoms with van der Waals surface area (Å²) in [6.07, 6.45) is 1.20. The van der Waals surface area contributed by atoms with Crippen molar-refractivity contribution < 1.29 is 14.0 Å². The number of nitrogens with zero attached hydrogens (tertiary/aromatic N) is 2. The molecule has 1 heterocycles. The van der Waals surface area contributed by atoms with Gasteiger partial charge in [-0.2, -0.15) is 0 Å². The third kappa shape index (κ3) is 4.79. The lowest BCUT2D eigenvalue weighted by atomic mass is 10.1. The van der Waals surface area contributed by atoms with Gasteiger partial charge in [0.15, 0.2) is 11.6 Å². The first-order valence-corrected chi connectivity index (χ1v) is 8.29. The van der Waals surface area contributed by atoms with E-state index in [0.717, 1.165) is 0 Å². The Morgan fingerprint density at radius 3 is 2.43 bits per heavy atom. The van der Waals surface area contributed by atoms with E-state index >= 15 is 0 Å². The molecule has 2 aromatic carbocycles. The van der Waals surface area contributed by atoms with Crippen LogP contribution in [0.5, 0.6) is 0 Å². The third-order valence-electron chi connectivity index (χ3n) is 3.75. The number of hydrazine groups is 1. The average Bonchev–Trinajstić information content (AvgIpc) is 2.70. The molecule has 0 radical (unpaired) electrons. The number of aromatic nitrogens is 2. The predicted octanol–water partition coefficient (Wildman–Crippen LogP) is 2.14. The molecule has 0 saturated heterocycles. The fourth-order valence-corrected chi connectivity index (χ4v) is 2.37. The lowest BCUT2D eigenvalue weighted by molar-refractivity contribution is -0.115. The van der Waals surface area contributed by atoms with E-state index in [1.54, 1.807) is 30.3 Å². The van der Waals surface area contributed by atoms with Gasteiger partial charge in [-0.25, -0.2) is 14.4 Å². The number of nitrogen functional groups attached to an aromatic ring is 1. The first-order valence-electron chi connectivity index (χ1n) is 8.29. The van der Waals surface area contributed by atoms with Crippen LogP contribution in [0.4, 0.5) is 21.7 Å². The molecule has 2 amide bonds. The smallest absolute Gasteiger partial charge is 0.269 e. The third-order valence-corrected chi connectivity index (χ3v) is 3.75. The van der Waals surface area contributed by atoms with Crippen molar-refractivity contribution in [3.8, 4) is 0 Å². The van der Waals surface area contributed by atoms with E-state index in [0.29, 0.717) is 11.1 Å². The van der Waals surface area contributed by atoms with Gasteiger partial charge in [0.2, 0.25) is 5.91 Å². The van der Waals surface area contributed by atoms with Crippen LogP contribution in [0.2, 0.25) is 0 Å². The zero-order chi connectivity index (χ0) is 19.9. The van der Waals surface area contributed by atoms with Gasteiger partial charge in [0.05, 0.1) is 6.42 Å². The van der Waals surface area contributed by atoms with Crippen LogP contribution < -0.4 is 21.9 Å². The molecule has 0 saturated carbocycles. The van der Waals surface area contributed by atoms with Crippen molar-refractivity contribution in [3.63, 3.8) is 0 Å². The normalized spacial score (nSPS) is 10.2. The Balaban J connectivity index is 1.68. The molecular formula is C19H17FN6O2. The van der Waals surface area contributed by atoms with Gasteiger partial charge in [-0.3, -0.25) is 20.4 Å². The van der Waals surface area contributed by atoms with E-state index in [4.69, 9.17) is 5.73 Å². The number of carbonyl (C=O) groups excluding carboxylic acids is 2. The SMILES string of the molecule is Nc1ncnc(NNC(=O)c2ccccc2)c1NC(=O)Cc1ccc(F)cc1. The number of rotatable bonds is 6. The summed E-state index contributed by atoms with van der Waals surface area (Å²) < 4.78 is 13.0. The number of benzene rings is 2. The van der Waals surface area contributed by atoms with Crippen LogP contribution in [0, 0.1) is 5.82 Å². The minimum absolute atomic E-state index is 0.00439. The highest BCUT2D eigenvalue weighted by atomic mass is 19.1. The minimum Gasteiger partial charge on any atom is -0.382 e. The van der Waals surface area contributed by atoms with Gasteiger partial charge in [-0.1, -0.05) is 30.3 Å². The number of hydrogen-bond acceptors (Lipinski definition) is 6. The highest BCUT2D eigenvalue weighted by molar-refractivity contribution is 5.99. The Bertz CT molecular complexity index is 979. The summed E-state index contributed by atoms with van der Waals surface area (Å²) in [5.74, 6) is -1.01. The zero-order valence-electron chi connectivity index (χ0n) is 14.6. The number of halogens is 1. The first kappa shape index (κ1) is 18.8. The Hall–Kier alpha value is -4.01. The monoisotopic (exact) mass is 380 g/mol. The quantitative estimate of drug-likeness (QED) is 0.486. The maximum absolute atomic E-state index is 13.0. The molecule has 0 fully saturated rings. The zero-order valence-corrected chi connectivity index (χ0v) is 14.6. The van der Waals surface area contributed by atoms with Crippen molar-refractivity contribution in [1.29, 1.82) is 0 Å². The van der Waals surface area contributed by atoms with Gasteiger partial charge in [0.1, 0.15) is 17.8 Å². The highest BCUT2D eigenvalue weighted by Gasteiger charge is 2.14. The molecule has 0 aliphatic rings. The molecule has 0 atom stereocenters. The maximum Gasteiger partial charge on any atom is 0.269 e. The minimum atomic E-state index is -0.398. The second-order valence-corrected chi connectivity index (χ2v) is 5.78. The van der Waals surface area contributed by atoms with Crippen LogP contribution in [0.3, 0.4) is 0 Å². The molecule has 0 unspecified atom stereocenters. The maximum atomic E-state index is 13.0. The molecule has 0 aliphatic heterocycles. The van der Waals surface area contributed by atoms with Gasteiger partial charge < -0.3 is 11.1 Å². The van der Waals surface area contributed by atoms with E-state index in [2.05, 4.69) is 26.1 Å². The molecule has 0 aliphatic carbocycles. The van der Waals surface area contributed by atoms with Crippen molar-refractivity contribution in [1.82, 2.24) is 15.4 Å². The average molecular weight is 380 g/mol. The van der Waals surface area contributed by atoms with Crippen molar-refractivity contribution >= 4 is 29.1 Å². The van der Waals surface area contributed by atoms with Gasteiger partial charge in [0.25, 0.3) is 5.91 Å². The lowest BCUT2D eigenvalue weighted by Crippen LogP contribution is -2.31. The second-order valence-electron chi connectivity index (χ2n) is 5.78. The molecule has 3 rings (SSSR count). The van der Waals surface area contributed by atoms with Crippen LogP contribution >= 0.6 is 0 Å². The summed E-state index contributed by atoms with van der Waals surface area (Å²) in [7, 11) is 0. The number of carbonyl (C=O) groups is 2. The number of nitrogens with one attached hydrogen (secondary N) is 3. The standard InChI is InChI=1S/C19H17FN6O2/c20-14-8-6-12(7-9-14)10-15(27)24-16-17(21)22-11-23-18(16)25-26-19(28)13-4-2-1-3-5-13/h1-9,11H,10H2,(H,24,27)(H,26,28)(H3,21,22,23,25). The van der Waals surface area contributed by atoms with Crippen LogP contribution in [-0.4, -0.2) is 21.8 Å². The summed E-state index contributed by atoms with van der Waals surface area (Å²) in [5.41, 5.74) is 12.1. The van der Waals surface area contributed by atoms with Gasteiger partial charge in [0, 0.05) is 5.56 Å². The fourth-order valence-electron chi connectivity index (χ4n) is 2.37. The van der Waals surface area contributed by atoms with Gasteiger partial charge >= 0.3 is 0 Å². The molecule has 3 aromatic rings. The molecule has 28 heavy (non-hydrogen) atoms. The number of hydrogen-bond donors (Lipinski definition) is 4. The van der Waals surface area contributed by atoms with Crippen molar-refractivity contribution in [2.75, 3.05) is 16.5 Å². The summed E-state index contributed by atoms with van der Waals surface area (Å²) >= 11 is 0. The van der Waals surface area contributed by atoms with Crippen LogP contribution in [-0.2, 0) is 11.2 Å². The Morgan fingerprint density at radius 2 is 1.71 bits per heavy atom. The van der Waals surface area contributed by atoms with Crippen molar-refractivity contribution in [2.24, 2.45) is 0 Å². The van der Waals surface area contributed by atoms with E-state index in [1.807, 2.05) is 0 Å². The summed E-state index contributed by atoms with van der Waals surface area (Å²) in [6, 6.07) is 14.1. The van der Waals surface area contributed by atoms with Crippen LogP contribution in [0.25, 0.3) is 0 Å². The van der Waals surface area contributed by atoms with E-state index in [1.165, 1.54) is 30.6 Å². The van der Waals surface area contributed by atoms with Gasteiger partial charge in [-0.05, 0) is 29.8 Å². The van der Waals surface area contributed by atoms with Crippen LogP contribution in [0.1, 0.15) is 15.9 Å². The summed E-state index contributed by atoms with van der Waals surface area (Å²) in [6.45, 7) is 0. The molecule has 0 bridgehead atoms. The summed E-state index contributed by atoms with van der Waals surface area (Å²) in [5, 5.41) is 2.61. The molecule has 0 spiro atoms. The fraction of sp³-hybridized carbons (Fsp3) is 0.0526. The van der Waals surface area contributed by atoms with Crippen LogP contribution in [0.15, 0.2) is 60.9 Å². The molecule has 142 valence electrons. The Kier molecular flexibility index (Phi) is 5.75. The largest absolute Gasteiger partial charge is 0.382 e. The molecule has 5 N–H and O–H groups in total. The number of amides is 2. The second kappa shape index (κ2) is 8.58. The predicted molar refractivity (Wildman–Crippen MR) is 103 cm³/mol. The molecule has 1 aromatic heterocycles. The highest BCUT2D eigenvalue weighted by Crippen LogP contribution is 2.23.